The Bertz CT molecular complexity index is 1450. The number of hydrogen-bond donors (Lipinski definition) is 2. The fourth-order valence-electron chi connectivity index (χ4n) is 4.37. The first-order valence-corrected chi connectivity index (χ1v) is 13.9. The third kappa shape index (κ3) is 7.69. The summed E-state index contributed by atoms with van der Waals surface area (Å²) in [5.41, 5.74) is 6.75. The number of nitrogens with one attached hydrogen (secondary N) is 2. The molecule has 9 heteroatoms. The van der Waals surface area contributed by atoms with E-state index in [4.69, 9.17) is 18.9 Å². The third-order valence-corrected chi connectivity index (χ3v) is 6.58. The summed E-state index contributed by atoms with van der Waals surface area (Å²) in [6.07, 6.45) is 3.88. The molecule has 1 unspecified atom stereocenters. The number of rotatable bonds is 13. The van der Waals surface area contributed by atoms with Crippen molar-refractivity contribution in [2.24, 2.45) is 11.0 Å². The van der Waals surface area contributed by atoms with Gasteiger partial charge in [0, 0.05) is 11.1 Å². The summed E-state index contributed by atoms with van der Waals surface area (Å²) in [5, 5.41) is 6.96. The molecule has 1 aliphatic rings. The number of amides is 2. The van der Waals surface area contributed by atoms with Crippen molar-refractivity contribution < 1.29 is 28.5 Å². The molecular formula is C33H37N3O6. The van der Waals surface area contributed by atoms with Crippen LogP contribution < -0.4 is 29.7 Å². The summed E-state index contributed by atoms with van der Waals surface area (Å²) in [7, 11) is 0. The topological polar surface area (TPSA) is 107 Å². The number of hydrazone groups is 1. The molecular weight excluding hydrogens is 534 g/mol. The predicted molar refractivity (Wildman–Crippen MR) is 161 cm³/mol. The molecule has 3 aromatic rings. The lowest BCUT2D eigenvalue weighted by Gasteiger charge is -2.20. The molecule has 3 aromatic carbocycles. The zero-order valence-electron chi connectivity index (χ0n) is 24.4. The van der Waals surface area contributed by atoms with Crippen molar-refractivity contribution in [2.45, 2.75) is 46.8 Å². The van der Waals surface area contributed by atoms with Crippen molar-refractivity contribution in [3.63, 3.8) is 0 Å². The van der Waals surface area contributed by atoms with Crippen LogP contribution in [0.25, 0.3) is 0 Å². The molecule has 0 saturated heterocycles. The lowest BCUT2D eigenvalue weighted by molar-refractivity contribution is -0.123. The van der Waals surface area contributed by atoms with Crippen molar-refractivity contribution in [1.82, 2.24) is 10.7 Å². The van der Waals surface area contributed by atoms with E-state index in [1.807, 2.05) is 64.1 Å². The van der Waals surface area contributed by atoms with Crippen molar-refractivity contribution >= 4 is 18.0 Å². The molecule has 1 aliphatic heterocycles. The molecule has 42 heavy (non-hydrogen) atoms. The van der Waals surface area contributed by atoms with Gasteiger partial charge in [0.25, 0.3) is 11.8 Å². The van der Waals surface area contributed by atoms with Gasteiger partial charge in [-0.15, -0.1) is 6.58 Å². The maximum absolute atomic E-state index is 13.0. The van der Waals surface area contributed by atoms with Crippen molar-refractivity contribution in [3.05, 3.63) is 95.1 Å². The lowest BCUT2D eigenvalue weighted by atomic mass is 10.0. The number of ether oxygens (including phenoxy) is 4. The molecule has 0 spiro atoms. The zero-order chi connectivity index (χ0) is 30.1. The number of aryl methyl sites for hydroxylation is 1. The lowest BCUT2D eigenvalue weighted by Crippen LogP contribution is -2.48. The van der Waals surface area contributed by atoms with Crippen LogP contribution in [0.2, 0.25) is 0 Å². The average molecular weight is 572 g/mol. The molecule has 2 amide bonds. The van der Waals surface area contributed by atoms with E-state index in [1.165, 1.54) is 11.8 Å². The molecule has 9 nitrogen and oxygen atoms in total. The van der Waals surface area contributed by atoms with Crippen LogP contribution in [0.15, 0.2) is 72.4 Å². The smallest absolute Gasteiger partial charge is 0.262 e. The van der Waals surface area contributed by atoms with Gasteiger partial charge in [-0.2, -0.15) is 5.10 Å². The first-order valence-electron chi connectivity index (χ1n) is 13.9. The Labute approximate surface area is 246 Å². The third-order valence-electron chi connectivity index (χ3n) is 6.58. The molecule has 4 rings (SSSR count). The number of allylic oxidation sites excluding steroid dienone is 1. The summed E-state index contributed by atoms with van der Waals surface area (Å²) in [4.78, 5) is 25.9. The van der Waals surface area contributed by atoms with Crippen LogP contribution in [-0.2, 0) is 17.8 Å². The van der Waals surface area contributed by atoms with Gasteiger partial charge in [-0.1, -0.05) is 49.8 Å². The molecule has 0 saturated carbocycles. The van der Waals surface area contributed by atoms with Crippen molar-refractivity contribution in [2.75, 3.05) is 13.4 Å². The van der Waals surface area contributed by atoms with Gasteiger partial charge in [-0.3, -0.25) is 9.59 Å². The molecule has 1 heterocycles. The summed E-state index contributed by atoms with van der Waals surface area (Å²) in [6, 6.07) is 16.0. The highest BCUT2D eigenvalue weighted by atomic mass is 16.7. The highest BCUT2D eigenvalue weighted by Gasteiger charge is 2.25. The second-order valence-electron chi connectivity index (χ2n) is 10.2. The van der Waals surface area contributed by atoms with E-state index < -0.39 is 17.9 Å². The molecule has 0 aliphatic carbocycles. The molecule has 2 N–H and O–H groups in total. The van der Waals surface area contributed by atoms with Gasteiger partial charge in [0.2, 0.25) is 6.79 Å². The number of hydrogen-bond acceptors (Lipinski definition) is 7. The van der Waals surface area contributed by atoms with Gasteiger partial charge in [0.1, 0.15) is 12.6 Å². The number of nitrogens with zero attached hydrogens (tertiary/aromatic N) is 1. The van der Waals surface area contributed by atoms with Crippen LogP contribution in [-0.4, -0.2) is 37.5 Å². The maximum atomic E-state index is 13.0. The summed E-state index contributed by atoms with van der Waals surface area (Å²) >= 11 is 0. The average Bonchev–Trinajstić information content (AvgIpc) is 3.44. The number of carbonyl (C=O) groups excluding carboxylic acids is 2. The van der Waals surface area contributed by atoms with E-state index in [2.05, 4.69) is 22.4 Å². The monoisotopic (exact) mass is 571 g/mol. The fraction of sp³-hybridized carbons (Fsp3) is 0.303. The van der Waals surface area contributed by atoms with Crippen molar-refractivity contribution in [1.29, 1.82) is 0 Å². The maximum Gasteiger partial charge on any atom is 0.262 e. The second kappa shape index (κ2) is 14.2. The van der Waals surface area contributed by atoms with Crippen LogP contribution in [0.5, 0.6) is 23.0 Å². The Hall–Kier alpha value is -4.79. The Morgan fingerprint density at radius 1 is 1.05 bits per heavy atom. The first kappa shape index (κ1) is 30.2. The molecule has 0 fully saturated rings. The summed E-state index contributed by atoms with van der Waals surface area (Å²) < 4.78 is 22.8. The quantitative estimate of drug-likeness (QED) is 0.163. The van der Waals surface area contributed by atoms with Gasteiger partial charge in [0.15, 0.2) is 23.0 Å². The van der Waals surface area contributed by atoms with Crippen LogP contribution in [0.3, 0.4) is 0 Å². The number of carbonyl (C=O) groups is 2. The zero-order valence-corrected chi connectivity index (χ0v) is 24.4. The Morgan fingerprint density at radius 2 is 1.81 bits per heavy atom. The van der Waals surface area contributed by atoms with E-state index in [1.54, 1.807) is 24.3 Å². The van der Waals surface area contributed by atoms with Crippen molar-refractivity contribution in [3.8, 4) is 23.0 Å². The number of benzene rings is 3. The molecule has 0 radical (unpaired) electrons. The van der Waals surface area contributed by atoms with Crippen LogP contribution in [0.1, 0.15) is 53.4 Å². The van der Waals surface area contributed by atoms with E-state index in [0.29, 0.717) is 53.8 Å². The standard InChI is InChI=1S/C33H37N3O6/c1-6-8-25-15-24(16-29(39-7-2)31(25)40-19-23-11-9-22(5)10-12-23)18-34-36-33(38)30(21(3)4)35-32(37)26-13-14-27-28(17-26)42-20-41-27/h6,9-18,21,30H,1,7-8,19-20H2,2-5H3,(H,35,37)(H,36,38)/b34-18+. The highest BCUT2D eigenvalue weighted by Crippen LogP contribution is 2.35. The Balaban J connectivity index is 1.46. The second-order valence-corrected chi connectivity index (χ2v) is 10.2. The first-order chi connectivity index (χ1) is 20.3. The van der Waals surface area contributed by atoms with Gasteiger partial charge < -0.3 is 24.3 Å². The predicted octanol–water partition coefficient (Wildman–Crippen LogP) is 5.33. The number of fused-ring (bicyclic) bond motifs is 1. The summed E-state index contributed by atoms with van der Waals surface area (Å²) in [6.45, 7) is 12.5. The fourth-order valence-corrected chi connectivity index (χ4v) is 4.37. The largest absolute Gasteiger partial charge is 0.490 e. The Morgan fingerprint density at radius 3 is 2.52 bits per heavy atom. The van der Waals surface area contributed by atoms with Gasteiger partial charge in [-0.05, 0) is 67.6 Å². The summed E-state index contributed by atoms with van der Waals surface area (Å²) in [5.74, 6) is 1.26. The minimum Gasteiger partial charge on any atom is -0.490 e. The van der Waals surface area contributed by atoms with Crippen LogP contribution in [0, 0.1) is 12.8 Å². The SMILES string of the molecule is C=CCc1cc(/C=N/NC(=O)C(NC(=O)c2ccc3c(c2)OCO3)C(C)C)cc(OCC)c1OCc1ccc(C)cc1. The van der Waals surface area contributed by atoms with Crippen LogP contribution >= 0.6 is 0 Å². The van der Waals surface area contributed by atoms with Gasteiger partial charge >= 0.3 is 0 Å². The van der Waals surface area contributed by atoms with E-state index in [0.717, 1.165) is 11.1 Å². The van der Waals surface area contributed by atoms with E-state index in [-0.39, 0.29) is 12.7 Å². The highest BCUT2D eigenvalue weighted by molar-refractivity contribution is 5.98. The molecule has 0 bridgehead atoms. The van der Waals surface area contributed by atoms with E-state index >= 15 is 0 Å². The van der Waals surface area contributed by atoms with Crippen LogP contribution in [0.4, 0.5) is 0 Å². The van der Waals surface area contributed by atoms with Gasteiger partial charge in [-0.25, -0.2) is 5.43 Å². The minimum atomic E-state index is -0.812. The normalized spacial score (nSPS) is 12.7. The molecule has 0 aromatic heterocycles. The Kier molecular flexibility index (Phi) is 10.2. The minimum absolute atomic E-state index is 0.111. The van der Waals surface area contributed by atoms with E-state index in [9.17, 15) is 9.59 Å². The van der Waals surface area contributed by atoms with Gasteiger partial charge in [0.05, 0.1) is 12.8 Å². The molecule has 220 valence electrons. The molecule has 1 atom stereocenters.